The highest BCUT2D eigenvalue weighted by Gasteiger charge is 2.28. The maximum atomic E-state index is 12.7. The monoisotopic (exact) mass is 323 g/mol. The fourth-order valence-corrected chi connectivity index (χ4v) is 3.02. The first-order valence-electron chi connectivity index (χ1n) is 8.34. The van der Waals surface area contributed by atoms with Crippen molar-refractivity contribution in [3.63, 3.8) is 0 Å². The van der Waals surface area contributed by atoms with E-state index in [-0.39, 0.29) is 24.5 Å². The van der Waals surface area contributed by atoms with Crippen molar-refractivity contribution in [3.05, 3.63) is 71.8 Å². The third-order valence-corrected chi connectivity index (χ3v) is 4.33. The SMILES string of the molecule is O=C(OC[C@@H]1CCCCN1C(=O)c1ccccc1)c1ccccc1. The van der Waals surface area contributed by atoms with E-state index in [9.17, 15) is 9.59 Å². The predicted molar refractivity (Wildman–Crippen MR) is 91.8 cm³/mol. The van der Waals surface area contributed by atoms with Crippen LogP contribution in [0.5, 0.6) is 0 Å². The topological polar surface area (TPSA) is 46.6 Å². The zero-order valence-corrected chi connectivity index (χ0v) is 13.6. The molecule has 0 aromatic heterocycles. The molecule has 124 valence electrons. The molecule has 2 aromatic carbocycles. The molecule has 4 heteroatoms. The number of likely N-dealkylation sites (tertiary alicyclic amines) is 1. The molecule has 1 amide bonds. The van der Waals surface area contributed by atoms with Gasteiger partial charge >= 0.3 is 5.97 Å². The number of nitrogens with zero attached hydrogens (tertiary/aromatic N) is 1. The molecule has 1 aliphatic heterocycles. The molecule has 24 heavy (non-hydrogen) atoms. The largest absolute Gasteiger partial charge is 0.460 e. The van der Waals surface area contributed by atoms with Gasteiger partial charge in [0.25, 0.3) is 5.91 Å². The molecule has 0 bridgehead atoms. The number of esters is 1. The van der Waals surface area contributed by atoms with Crippen LogP contribution < -0.4 is 0 Å². The summed E-state index contributed by atoms with van der Waals surface area (Å²) in [6.07, 6.45) is 2.90. The minimum Gasteiger partial charge on any atom is -0.460 e. The first kappa shape index (κ1) is 16.2. The number of carbonyl (C=O) groups excluding carboxylic acids is 2. The number of amides is 1. The molecular weight excluding hydrogens is 302 g/mol. The Morgan fingerprint density at radius 1 is 0.917 bits per heavy atom. The minimum atomic E-state index is -0.340. The van der Waals surface area contributed by atoms with Crippen LogP contribution in [0.1, 0.15) is 40.0 Å². The molecule has 0 N–H and O–H groups in total. The highest BCUT2D eigenvalue weighted by Crippen LogP contribution is 2.20. The van der Waals surface area contributed by atoms with E-state index in [0.717, 1.165) is 19.3 Å². The van der Waals surface area contributed by atoms with Gasteiger partial charge in [0.15, 0.2) is 0 Å². The minimum absolute atomic E-state index is 0.0102. The predicted octanol–water partition coefficient (Wildman–Crippen LogP) is 3.54. The highest BCUT2D eigenvalue weighted by atomic mass is 16.5. The van der Waals surface area contributed by atoms with Gasteiger partial charge in [-0.2, -0.15) is 0 Å². The van der Waals surface area contributed by atoms with Crippen molar-refractivity contribution in [1.29, 1.82) is 0 Å². The third-order valence-electron chi connectivity index (χ3n) is 4.33. The first-order chi connectivity index (χ1) is 11.8. The van der Waals surface area contributed by atoms with Crippen LogP contribution in [0.15, 0.2) is 60.7 Å². The first-order valence-corrected chi connectivity index (χ1v) is 8.34. The number of ether oxygens (including phenoxy) is 1. The molecular formula is C20H21NO3. The molecule has 0 spiro atoms. The molecule has 4 nitrogen and oxygen atoms in total. The molecule has 2 aromatic rings. The van der Waals surface area contributed by atoms with E-state index >= 15 is 0 Å². The van der Waals surface area contributed by atoms with Crippen molar-refractivity contribution in [3.8, 4) is 0 Å². The quantitative estimate of drug-likeness (QED) is 0.809. The van der Waals surface area contributed by atoms with Crippen molar-refractivity contribution in [2.45, 2.75) is 25.3 Å². The number of rotatable bonds is 4. The van der Waals surface area contributed by atoms with E-state index in [2.05, 4.69) is 0 Å². The lowest BCUT2D eigenvalue weighted by Crippen LogP contribution is -2.46. The second-order valence-corrected chi connectivity index (χ2v) is 5.98. The number of piperidine rings is 1. The Kier molecular flexibility index (Phi) is 5.26. The van der Waals surface area contributed by atoms with Crippen molar-refractivity contribution < 1.29 is 14.3 Å². The van der Waals surface area contributed by atoms with Crippen LogP contribution in [0, 0.1) is 0 Å². The van der Waals surface area contributed by atoms with Crippen LogP contribution >= 0.6 is 0 Å². The second kappa shape index (κ2) is 7.77. The van der Waals surface area contributed by atoms with Gasteiger partial charge in [0, 0.05) is 12.1 Å². The molecule has 3 rings (SSSR count). The Balaban J connectivity index is 1.64. The molecule has 1 aliphatic rings. The van der Waals surface area contributed by atoms with E-state index in [1.54, 1.807) is 12.1 Å². The Morgan fingerprint density at radius 2 is 1.54 bits per heavy atom. The van der Waals surface area contributed by atoms with E-state index in [4.69, 9.17) is 4.74 Å². The number of hydrogen-bond donors (Lipinski definition) is 0. The fourth-order valence-electron chi connectivity index (χ4n) is 3.02. The number of hydrogen-bond acceptors (Lipinski definition) is 3. The van der Waals surface area contributed by atoms with Crippen molar-refractivity contribution >= 4 is 11.9 Å². The Morgan fingerprint density at radius 3 is 2.21 bits per heavy atom. The maximum absolute atomic E-state index is 12.7. The van der Waals surface area contributed by atoms with E-state index in [1.165, 1.54) is 0 Å². The number of benzene rings is 2. The van der Waals surface area contributed by atoms with Gasteiger partial charge in [-0.1, -0.05) is 36.4 Å². The van der Waals surface area contributed by atoms with Gasteiger partial charge in [-0.05, 0) is 43.5 Å². The van der Waals surface area contributed by atoms with Gasteiger partial charge in [0.05, 0.1) is 11.6 Å². The van der Waals surface area contributed by atoms with Crippen molar-refractivity contribution in [1.82, 2.24) is 4.90 Å². The lowest BCUT2D eigenvalue weighted by atomic mass is 10.0. The van der Waals surface area contributed by atoms with Crippen LogP contribution in [0.3, 0.4) is 0 Å². The van der Waals surface area contributed by atoms with E-state index in [1.807, 2.05) is 53.4 Å². The smallest absolute Gasteiger partial charge is 0.338 e. The van der Waals surface area contributed by atoms with Crippen LogP contribution in [0.25, 0.3) is 0 Å². The Hall–Kier alpha value is -2.62. The molecule has 1 atom stereocenters. The average Bonchev–Trinajstić information content (AvgIpc) is 2.67. The highest BCUT2D eigenvalue weighted by molar-refractivity contribution is 5.94. The molecule has 0 radical (unpaired) electrons. The summed E-state index contributed by atoms with van der Waals surface area (Å²) in [5, 5.41) is 0. The zero-order chi connectivity index (χ0) is 16.8. The third kappa shape index (κ3) is 3.82. The fraction of sp³-hybridized carbons (Fsp3) is 0.300. The van der Waals surface area contributed by atoms with Crippen molar-refractivity contribution in [2.24, 2.45) is 0 Å². The summed E-state index contributed by atoms with van der Waals surface area (Å²) in [6, 6.07) is 18.2. The summed E-state index contributed by atoms with van der Waals surface area (Å²) in [5.41, 5.74) is 1.22. The molecule has 0 unspecified atom stereocenters. The molecule has 0 aliphatic carbocycles. The van der Waals surface area contributed by atoms with Gasteiger partial charge < -0.3 is 9.64 Å². The van der Waals surface area contributed by atoms with E-state index < -0.39 is 0 Å². The molecule has 0 saturated carbocycles. The summed E-state index contributed by atoms with van der Waals surface area (Å²) in [6.45, 7) is 0.952. The summed E-state index contributed by atoms with van der Waals surface area (Å²) in [7, 11) is 0. The molecule has 1 saturated heterocycles. The second-order valence-electron chi connectivity index (χ2n) is 5.98. The summed E-state index contributed by atoms with van der Waals surface area (Å²) in [5.74, 6) is -0.329. The average molecular weight is 323 g/mol. The Bertz CT molecular complexity index is 685. The van der Waals surface area contributed by atoms with Gasteiger partial charge in [0.1, 0.15) is 6.61 Å². The van der Waals surface area contributed by atoms with Gasteiger partial charge in [-0.15, -0.1) is 0 Å². The van der Waals surface area contributed by atoms with Crippen LogP contribution in [0.4, 0.5) is 0 Å². The van der Waals surface area contributed by atoms with E-state index in [0.29, 0.717) is 17.7 Å². The van der Waals surface area contributed by atoms with Crippen LogP contribution in [0.2, 0.25) is 0 Å². The summed E-state index contributed by atoms with van der Waals surface area (Å²) in [4.78, 5) is 26.7. The Labute approximate surface area is 142 Å². The maximum Gasteiger partial charge on any atom is 0.338 e. The summed E-state index contributed by atoms with van der Waals surface area (Å²) < 4.78 is 5.45. The number of carbonyl (C=O) groups is 2. The lowest BCUT2D eigenvalue weighted by molar-refractivity contribution is 0.0251. The zero-order valence-electron chi connectivity index (χ0n) is 13.6. The summed E-state index contributed by atoms with van der Waals surface area (Å²) >= 11 is 0. The van der Waals surface area contributed by atoms with Crippen LogP contribution in [-0.4, -0.2) is 36.0 Å². The van der Waals surface area contributed by atoms with Gasteiger partial charge in [0.2, 0.25) is 0 Å². The van der Waals surface area contributed by atoms with Gasteiger partial charge in [-0.3, -0.25) is 4.79 Å². The van der Waals surface area contributed by atoms with Crippen molar-refractivity contribution in [2.75, 3.05) is 13.2 Å². The standard InChI is InChI=1S/C20H21NO3/c22-19(16-9-3-1-4-10-16)21-14-8-7-13-18(21)15-24-20(23)17-11-5-2-6-12-17/h1-6,9-12,18H,7-8,13-15H2/t18-/m0/s1. The molecule has 1 heterocycles. The van der Waals surface area contributed by atoms with Gasteiger partial charge in [-0.25, -0.2) is 4.79 Å². The lowest BCUT2D eigenvalue weighted by Gasteiger charge is -2.35. The van der Waals surface area contributed by atoms with Crippen LogP contribution in [-0.2, 0) is 4.74 Å². The normalized spacial score (nSPS) is 17.3. The molecule has 1 fully saturated rings.